The fraction of sp³-hybridized carbons (Fsp3) is 0.0417. The summed E-state index contributed by atoms with van der Waals surface area (Å²) in [7, 11) is 0. The maximum atomic E-state index is 13.3. The molecule has 6 nitrogen and oxygen atoms in total. The van der Waals surface area contributed by atoms with Crippen LogP contribution in [0.15, 0.2) is 76.8 Å². The summed E-state index contributed by atoms with van der Waals surface area (Å²) in [6.45, 7) is 0.114. The highest BCUT2D eigenvalue weighted by Crippen LogP contribution is 2.29. The van der Waals surface area contributed by atoms with Crippen LogP contribution in [0.2, 0.25) is 5.02 Å². The fourth-order valence-electron chi connectivity index (χ4n) is 3.16. The van der Waals surface area contributed by atoms with E-state index in [9.17, 15) is 18.8 Å². The minimum Gasteiger partial charge on any atom is -0.487 e. The Morgan fingerprint density at radius 1 is 1.03 bits per heavy atom. The second-order valence-corrected chi connectivity index (χ2v) is 8.37. The molecule has 0 unspecified atom stereocenters. The van der Waals surface area contributed by atoms with Gasteiger partial charge in [0.05, 0.1) is 10.7 Å². The molecule has 0 aliphatic carbocycles. The molecule has 1 fully saturated rings. The number of hydrogen-bond donors (Lipinski definition) is 1. The second-order valence-electron chi connectivity index (χ2n) is 7.04. The van der Waals surface area contributed by atoms with E-state index in [2.05, 4.69) is 21.2 Å². The SMILES string of the molecule is O=C1NC(=O)N(c2ccc(Br)cc2)C(=O)/C1=C/c1ccc(OCc2cccc(F)c2)c(Cl)c1. The molecule has 9 heteroatoms. The molecule has 3 aromatic carbocycles. The summed E-state index contributed by atoms with van der Waals surface area (Å²) in [6, 6.07) is 16.4. The number of halogens is 3. The number of carbonyl (C=O) groups is 3. The van der Waals surface area contributed by atoms with Crippen LogP contribution in [0.5, 0.6) is 5.75 Å². The van der Waals surface area contributed by atoms with E-state index in [0.29, 0.717) is 22.6 Å². The van der Waals surface area contributed by atoms with Gasteiger partial charge in [-0.1, -0.05) is 45.7 Å². The molecule has 0 aromatic heterocycles. The van der Waals surface area contributed by atoms with E-state index in [1.807, 2.05) is 0 Å². The summed E-state index contributed by atoms with van der Waals surface area (Å²) in [5.74, 6) is -1.57. The average Bonchev–Trinajstić information content (AvgIpc) is 2.77. The molecule has 4 amide bonds. The van der Waals surface area contributed by atoms with Gasteiger partial charge in [-0.05, 0) is 65.7 Å². The molecule has 33 heavy (non-hydrogen) atoms. The van der Waals surface area contributed by atoms with Crippen molar-refractivity contribution < 1.29 is 23.5 Å². The molecule has 3 aromatic rings. The number of urea groups is 1. The molecule has 0 bridgehead atoms. The Morgan fingerprint density at radius 3 is 2.48 bits per heavy atom. The molecule has 0 spiro atoms. The first-order valence-electron chi connectivity index (χ1n) is 9.65. The summed E-state index contributed by atoms with van der Waals surface area (Å²) in [5.41, 5.74) is 1.20. The Kier molecular flexibility index (Phi) is 6.57. The van der Waals surface area contributed by atoms with E-state index in [4.69, 9.17) is 16.3 Å². The van der Waals surface area contributed by atoms with Crippen molar-refractivity contribution in [1.29, 1.82) is 0 Å². The first-order valence-corrected chi connectivity index (χ1v) is 10.8. The number of ether oxygens (including phenoxy) is 1. The minimum absolute atomic E-state index is 0.114. The summed E-state index contributed by atoms with van der Waals surface area (Å²) in [5, 5.41) is 2.41. The van der Waals surface area contributed by atoms with Crippen LogP contribution in [-0.4, -0.2) is 17.8 Å². The zero-order valence-corrected chi connectivity index (χ0v) is 19.2. The Balaban J connectivity index is 1.56. The van der Waals surface area contributed by atoms with Gasteiger partial charge < -0.3 is 4.74 Å². The molecule has 4 rings (SSSR count). The van der Waals surface area contributed by atoms with Gasteiger partial charge in [-0.3, -0.25) is 14.9 Å². The molecule has 1 N–H and O–H groups in total. The smallest absolute Gasteiger partial charge is 0.335 e. The molecule has 0 saturated carbocycles. The quantitative estimate of drug-likeness (QED) is 0.350. The number of rotatable bonds is 5. The zero-order valence-electron chi connectivity index (χ0n) is 16.8. The van der Waals surface area contributed by atoms with Gasteiger partial charge in [0, 0.05) is 4.47 Å². The first kappa shape index (κ1) is 22.7. The Hall–Kier alpha value is -3.49. The van der Waals surface area contributed by atoms with Crippen LogP contribution in [0.3, 0.4) is 0 Å². The predicted molar refractivity (Wildman–Crippen MR) is 125 cm³/mol. The Bertz CT molecular complexity index is 1290. The number of carbonyl (C=O) groups excluding carboxylic acids is 3. The summed E-state index contributed by atoms with van der Waals surface area (Å²) < 4.78 is 19.7. The van der Waals surface area contributed by atoms with E-state index >= 15 is 0 Å². The maximum absolute atomic E-state index is 13.3. The van der Waals surface area contributed by atoms with Gasteiger partial charge in [-0.25, -0.2) is 14.1 Å². The van der Waals surface area contributed by atoms with Crippen molar-refractivity contribution in [3.05, 3.63) is 98.7 Å². The lowest BCUT2D eigenvalue weighted by Crippen LogP contribution is -2.54. The van der Waals surface area contributed by atoms with Gasteiger partial charge in [0.15, 0.2) is 0 Å². The maximum Gasteiger partial charge on any atom is 0.335 e. The third-order valence-electron chi connectivity index (χ3n) is 4.74. The third kappa shape index (κ3) is 5.13. The summed E-state index contributed by atoms with van der Waals surface area (Å²) in [4.78, 5) is 38.5. The number of barbiturate groups is 1. The van der Waals surface area contributed by atoms with Crippen LogP contribution in [0.25, 0.3) is 6.08 Å². The van der Waals surface area contributed by atoms with Crippen molar-refractivity contribution in [2.75, 3.05) is 4.90 Å². The highest BCUT2D eigenvalue weighted by atomic mass is 79.9. The molecule has 1 heterocycles. The number of amides is 4. The molecule has 0 atom stereocenters. The van der Waals surface area contributed by atoms with Crippen LogP contribution in [0.4, 0.5) is 14.9 Å². The number of benzene rings is 3. The van der Waals surface area contributed by atoms with E-state index in [-0.39, 0.29) is 23.0 Å². The number of hydrogen-bond acceptors (Lipinski definition) is 4. The lowest BCUT2D eigenvalue weighted by molar-refractivity contribution is -0.122. The highest BCUT2D eigenvalue weighted by molar-refractivity contribution is 9.10. The molecule has 166 valence electrons. The molecular formula is C24H15BrClFN2O4. The van der Waals surface area contributed by atoms with Crippen molar-refractivity contribution in [3.8, 4) is 5.75 Å². The fourth-order valence-corrected chi connectivity index (χ4v) is 3.67. The van der Waals surface area contributed by atoms with Crippen molar-refractivity contribution in [2.45, 2.75) is 6.61 Å². The van der Waals surface area contributed by atoms with Crippen molar-refractivity contribution in [2.24, 2.45) is 0 Å². The van der Waals surface area contributed by atoms with Gasteiger partial charge in [-0.2, -0.15) is 0 Å². The molecule has 0 radical (unpaired) electrons. The van der Waals surface area contributed by atoms with Crippen LogP contribution < -0.4 is 15.0 Å². The van der Waals surface area contributed by atoms with Gasteiger partial charge in [-0.15, -0.1) is 0 Å². The summed E-state index contributed by atoms with van der Waals surface area (Å²) in [6.07, 6.45) is 1.35. The molecule has 1 aliphatic rings. The standard InChI is InChI=1S/C24H15BrClFN2O4/c25-16-5-7-18(8-6-16)29-23(31)19(22(30)28-24(29)32)11-14-4-9-21(20(26)12-14)33-13-15-2-1-3-17(27)10-15/h1-12H,13H2,(H,28,30,32)/b19-11+. The summed E-state index contributed by atoms with van der Waals surface area (Å²) >= 11 is 9.59. The number of nitrogens with one attached hydrogen (secondary N) is 1. The zero-order chi connectivity index (χ0) is 23.5. The van der Waals surface area contributed by atoms with Crippen LogP contribution in [0.1, 0.15) is 11.1 Å². The van der Waals surface area contributed by atoms with Crippen LogP contribution in [-0.2, 0) is 16.2 Å². The highest BCUT2D eigenvalue weighted by Gasteiger charge is 2.36. The topological polar surface area (TPSA) is 75.7 Å². The van der Waals surface area contributed by atoms with Crippen LogP contribution in [0, 0.1) is 5.82 Å². The minimum atomic E-state index is -0.830. The second kappa shape index (κ2) is 9.56. The number of anilines is 1. The number of nitrogens with zero attached hydrogens (tertiary/aromatic N) is 1. The van der Waals surface area contributed by atoms with E-state index in [0.717, 1.165) is 9.37 Å². The molecular weight excluding hydrogens is 515 g/mol. The van der Waals surface area contributed by atoms with Gasteiger partial charge in [0.1, 0.15) is 23.7 Å². The van der Waals surface area contributed by atoms with E-state index in [1.54, 1.807) is 48.5 Å². The molecule has 1 aliphatic heterocycles. The molecule has 1 saturated heterocycles. The Morgan fingerprint density at radius 2 is 1.79 bits per heavy atom. The first-order chi connectivity index (χ1) is 15.8. The lowest BCUT2D eigenvalue weighted by Gasteiger charge is -2.26. The normalized spacial score (nSPS) is 15.1. The third-order valence-corrected chi connectivity index (χ3v) is 5.56. The van der Waals surface area contributed by atoms with Crippen LogP contribution >= 0.6 is 27.5 Å². The van der Waals surface area contributed by atoms with Crippen molar-refractivity contribution >= 4 is 57.1 Å². The largest absolute Gasteiger partial charge is 0.487 e. The Labute approximate surface area is 201 Å². The van der Waals surface area contributed by atoms with E-state index in [1.165, 1.54) is 24.3 Å². The number of imide groups is 2. The van der Waals surface area contributed by atoms with Gasteiger partial charge in [0.25, 0.3) is 11.8 Å². The van der Waals surface area contributed by atoms with E-state index < -0.39 is 17.8 Å². The van der Waals surface area contributed by atoms with Gasteiger partial charge >= 0.3 is 6.03 Å². The monoisotopic (exact) mass is 528 g/mol. The van der Waals surface area contributed by atoms with Crippen molar-refractivity contribution in [3.63, 3.8) is 0 Å². The van der Waals surface area contributed by atoms with Crippen molar-refractivity contribution in [1.82, 2.24) is 5.32 Å². The lowest BCUT2D eigenvalue weighted by atomic mass is 10.1. The predicted octanol–water partition coefficient (Wildman–Crippen LogP) is 5.49. The van der Waals surface area contributed by atoms with Gasteiger partial charge in [0.2, 0.25) is 0 Å². The average molecular weight is 530 g/mol.